The maximum Gasteiger partial charge on any atom is 0.337 e. The molecule has 8 nitrogen and oxygen atoms in total. The van der Waals surface area contributed by atoms with Crippen molar-refractivity contribution in [2.75, 3.05) is 28.4 Å². The van der Waals surface area contributed by atoms with Gasteiger partial charge in [0.2, 0.25) is 5.78 Å². The Morgan fingerprint density at radius 2 is 1.29 bits per heavy atom. The molecule has 1 rings (SSSR count). The van der Waals surface area contributed by atoms with Crippen LogP contribution in [0.1, 0.15) is 6.92 Å². The van der Waals surface area contributed by atoms with Gasteiger partial charge in [0.15, 0.2) is 18.0 Å². The van der Waals surface area contributed by atoms with Crippen molar-refractivity contribution in [2.45, 2.75) is 37.4 Å². The lowest BCUT2D eigenvalue weighted by molar-refractivity contribution is -0.240. The first-order valence-electron chi connectivity index (χ1n) is 6.29. The van der Waals surface area contributed by atoms with Gasteiger partial charge < -0.3 is 23.7 Å². The van der Waals surface area contributed by atoms with Crippen LogP contribution in [0.3, 0.4) is 0 Å². The van der Waals surface area contributed by atoms with E-state index < -0.39 is 48.1 Å². The minimum absolute atomic E-state index is 0.698. The van der Waals surface area contributed by atoms with Crippen LogP contribution in [0.2, 0.25) is 0 Å². The Bertz CT molecular complexity index is 407. The molecule has 0 aromatic heterocycles. The largest absolute Gasteiger partial charge is 0.467 e. The molecule has 0 N–H and O–H groups in total. The third kappa shape index (κ3) is 3.46. The van der Waals surface area contributed by atoms with Crippen molar-refractivity contribution < 1.29 is 38.1 Å². The zero-order chi connectivity index (χ0) is 16.2. The van der Waals surface area contributed by atoms with E-state index >= 15 is 0 Å². The number of hydrogen-bond acceptors (Lipinski definition) is 8. The fourth-order valence-electron chi connectivity index (χ4n) is 2.35. The average molecular weight is 304 g/mol. The molecule has 120 valence electrons. The fraction of sp³-hybridized carbons (Fsp3) is 0.769. The molecule has 0 amide bonds. The third-order valence-electron chi connectivity index (χ3n) is 3.39. The second-order valence-electron chi connectivity index (χ2n) is 4.52. The molecular formula is C13H20O8. The molecule has 0 bridgehead atoms. The van der Waals surface area contributed by atoms with Crippen LogP contribution in [0.15, 0.2) is 0 Å². The second kappa shape index (κ2) is 7.60. The van der Waals surface area contributed by atoms with Crippen molar-refractivity contribution in [2.24, 2.45) is 0 Å². The number of carbonyl (C=O) groups is 3. The predicted octanol–water partition coefficient (Wildman–Crippen LogP) is -0.870. The summed E-state index contributed by atoms with van der Waals surface area (Å²) in [6, 6.07) is 0. The molecule has 1 aliphatic rings. The van der Waals surface area contributed by atoms with Crippen LogP contribution in [-0.2, 0) is 38.1 Å². The van der Waals surface area contributed by atoms with Crippen LogP contribution < -0.4 is 0 Å². The molecule has 1 heterocycles. The lowest BCUT2D eigenvalue weighted by atomic mass is 9.91. The smallest absolute Gasteiger partial charge is 0.337 e. The molecular weight excluding hydrogens is 284 g/mol. The minimum atomic E-state index is -1.26. The normalized spacial score (nSPS) is 32.5. The molecule has 0 unspecified atom stereocenters. The van der Waals surface area contributed by atoms with Gasteiger partial charge in [0.25, 0.3) is 0 Å². The third-order valence-corrected chi connectivity index (χ3v) is 3.39. The van der Waals surface area contributed by atoms with Crippen LogP contribution >= 0.6 is 0 Å². The first-order valence-corrected chi connectivity index (χ1v) is 6.29. The van der Waals surface area contributed by atoms with Crippen molar-refractivity contribution in [3.8, 4) is 0 Å². The van der Waals surface area contributed by atoms with Gasteiger partial charge in [-0.2, -0.15) is 0 Å². The van der Waals surface area contributed by atoms with Crippen molar-refractivity contribution in [3.63, 3.8) is 0 Å². The van der Waals surface area contributed by atoms with Gasteiger partial charge >= 0.3 is 5.97 Å². The monoisotopic (exact) mass is 304 g/mol. The summed E-state index contributed by atoms with van der Waals surface area (Å²) in [7, 11) is 5.30. The van der Waals surface area contributed by atoms with E-state index in [0.29, 0.717) is 0 Å². The SMILES string of the molecule is COC(=O)[C@H]1O[C@H](C(=O)C(C)=O)[C@H](OC)[C@@H](OC)[C@@H]1OC. The van der Waals surface area contributed by atoms with E-state index in [1.165, 1.54) is 28.4 Å². The number of carbonyl (C=O) groups excluding carboxylic acids is 3. The van der Waals surface area contributed by atoms with Gasteiger partial charge in [-0.3, -0.25) is 9.59 Å². The fourth-order valence-corrected chi connectivity index (χ4v) is 2.35. The summed E-state index contributed by atoms with van der Waals surface area (Å²) in [5.41, 5.74) is 0. The van der Waals surface area contributed by atoms with E-state index in [2.05, 4.69) is 4.74 Å². The van der Waals surface area contributed by atoms with Gasteiger partial charge in [-0.1, -0.05) is 0 Å². The minimum Gasteiger partial charge on any atom is -0.467 e. The number of Topliss-reactive ketones (excluding diaryl/α,β-unsaturated/α-hetero) is 2. The van der Waals surface area contributed by atoms with E-state index in [0.717, 1.165) is 6.92 Å². The standard InChI is InChI=1S/C13H20O8/c1-6(14)7(15)8-9(17-2)10(18-3)11(19-4)12(21-8)13(16)20-5/h8-12H,1-5H3/t8-,9+,10-,11+,12+/m1/s1. The number of ketones is 2. The van der Waals surface area contributed by atoms with Crippen molar-refractivity contribution >= 4 is 17.5 Å². The highest BCUT2D eigenvalue weighted by molar-refractivity contribution is 6.38. The number of methoxy groups -OCH3 is 4. The van der Waals surface area contributed by atoms with Gasteiger partial charge in [-0.05, 0) is 0 Å². The molecule has 0 radical (unpaired) electrons. The van der Waals surface area contributed by atoms with Gasteiger partial charge in [0, 0.05) is 28.3 Å². The second-order valence-corrected chi connectivity index (χ2v) is 4.52. The Morgan fingerprint density at radius 1 is 0.810 bits per heavy atom. The van der Waals surface area contributed by atoms with E-state index in [-0.39, 0.29) is 0 Å². The summed E-state index contributed by atoms with van der Waals surface area (Å²) in [4.78, 5) is 35.1. The van der Waals surface area contributed by atoms with Crippen LogP contribution in [0.25, 0.3) is 0 Å². The summed E-state index contributed by atoms with van der Waals surface area (Å²) < 4.78 is 25.8. The highest BCUT2D eigenvalue weighted by Crippen LogP contribution is 2.28. The molecule has 1 fully saturated rings. The number of hydrogen-bond donors (Lipinski definition) is 0. The summed E-state index contributed by atoms with van der Waals surface area (Å²) in [5.74, 6) is -2.22. The van der Waals surface area contributed by atoms with Crippen LogP contribution in [-0.4, -0.2) is 76.5 Å². The van der Waals surface area contributed by atoms with Gasteiger partial charge in [-0.15, -0.1) is 0 Å². The van der Waals surface area contributed by atoms with E-state index in [1.54, 1.807) is 0 Å². The molecule has 21 heavy (non-hydrogen) atoms. The molecule has 8 heteroatoms. The Labute approximate surface area is 122 Å². The maximum absolute atomic E-state index is 12.0. The molecule has 0 aromatic carbocycles. The molecule has 0 aliphatic carbocycles. The molecule has 0 aromatic rings. The number of rotatable bonds is 6. The summed E-state index contributed by atoms with van der Waals surface area (Å²) in [5, 5.41) is 0. The van der Waals surface area contributed by atoms with Crippen LogP contribution in [0.5, 0.6) is 0 Å². The Balaban J connectivity index is 3.18. The highest BCUT2D eigenvalue weighted by Gasteiger charge is 2.53. The summed E-state index contributed by atoms with van der Waals surface area (Å²) in [6.07, 6.45) is -4.93. The number of ether oxygens (including phenoxy) is 5. The van der Waals surface area contributed by atoms with Crippen LogP contribution in [0.4, 0.5) is 0 Å². The van der Waals surface area contributed by atoms with E-state index in [4.69, 9.17) is 18.9 Å². The van der Waals surface area contributed by atoms with Crippen molar-refractivity contribution in [3.05, 3.63) is 0 Å². The summed E-state index contributed by atoms with van der Waals surface area (Å²) in [6.45, 7) is 1.12. The highest BCUT2D eigenvalue weighted by atomic mass is 16.6. The lowest BCUT2D eigenvalue weighted by Crippen LogP contribution is -2.64. The molecule has 1 saturated heterocycles. The maximum atomic E-state index is 12.0. The van der Waals surface area contributed by atoms with Gasteiger partial charge in [-0.25, -0.2) is 4.79 Å². The zero-order valence-electron chi connectivity index (χ0n) is 12.7. The quantitative estimate of drug-likeness (QED) is 0.461. The average Bonchev–Trinajstić information content (AvgIpc) is 2.50. The molecule has 5 atom stereocenters. The first kappa shape index (κ1) is 17.7. The van der Waals surface area contributed by atoms with Crippen molar-refractivity contribution in [1.82, 2.24) is 0 Å². The Morgan fingerprint density at radius 3 is 1.67 bits per heavy atom. The molecule has 0 saturated carbocycles. The topological polar surface area (TPSA) is 97.4 Å². The lowest BCUT2D eigenvalue weighted by Gasteiger charge is -2.42. The first-order chi connectivity index (χ1) is 9.92. The number of esters is 1. The van der Waals surface area contributed by atoms with Gasteiger partial charge in [0.05, 0.1) is 7.11 Å². The Kier molecular flexibility index (Phi) is 6.41. The zero-order valence-corrected chi connectivity index (χ0v) is 12.7. The van der Waals surface area contributed by atoms with Crippen LogP contribution in [0, 0.1) is 0 Å². The Hall–Kier alpha value is -1.35. The molecule has 0 spiro atoms. The van der Waals surface area contributed by atoms with E-state index in [1.807, 2.05) is 0 Å². The van der Waals surface area contributed by atoms with Gasteiger partial charge in [0.1, 0.15) is 18.3 Å². The summed E-state index contributed by atoms with van der Waals surface area (Å²) >= 11 is 0. The van der Waals surface area contributed by atoms with Crippen molar-refractivity contribution in [1.29, 1.82) is 0 Å². The van der Waals surface area contributed by atoms with E-state index in [9.17, 15) is 14.4 Å². The predicted molar refractivity (Wildman–Crippen MR) is 68.8 cm³/mol. The molecule has 1 aliphatic heterocycles.